The summed E-state index contributed by atoms with van der Waals surface area (Å²) in [6.07, 6.45) is 0. The summed E-state index contributed by atoms with van der Waals surface area (Å²) in [5.74, 6) is -1.37. The molecule has 3 N–H and O–H groups in total. The molecule has 1 aromatic rings. The number of carbonyl (C=O) groups is 2. The fraction of sp³-hybridized carbons (Fsp3) is 0.500. The molecule has 112 valence electrons. The first kappa shape index (κ1) is 16.4. The van der Waals surface area contributed by atoms with Gasteiger partial charge >= 0.3 is 5.97 Å². The smallest absolute Gasteiger partial charge is 0.326 e. The molecule has 1 aromatic heterocycles. The summed E-state index contributed by atoms with van der Waals surface area (Å²) in [5, 5.41) is 18.1. The predicted octanol–water partition coefficient (Wildman–Crippen LogP) is -1.69. The summed E-state index contributed by atoms with van der Waals surface area (Å²) < 4.78 is 29.6. The van der Waals surface area contributed by atoms with Crippen molar-refractivity contribution in [3.05, 3.63) is 0 Å². The number of nitrogens with zero attached hydrogens (tertiary/aromatic N) is 2. The van der Waals surface area contributed by atoms with E-state index < -0.39 is 38.9 Å². The fourth-order valence-electron chi connectivity index (χ4n) is 1.06. The maximum atomic E-state index is 11.9. The lowest BCUT2D eigenvalue weighted by atomic mass is 10.3. The Hall–Kier alpha value is -1.63. The van der Waals surface area contributed by atoms with E-state index in [0.717, 1.165) is 7.11 Å². The Morgan fingerprint density at radius 2 is 2.10 bits per heavy atom. The highest BCUT2D eigenvalue weighted by Crippen LogP contribution is 2.19. The average Bonchev–Trinajstić information content (AvgIpc) is 2.83. The molecule has 1 heterocycles. The van der Waals surface area contributed by atoms with Crippen LogP contribution >= 0.6 is 11.3 Å². The van der Waals surface area contributed by atoms with Crippen LogP contribution in [0.5, 0.6) is 0 Å². The van der Waals surface area contributed by atoms with Gasteiger partial charge < -0.3 is 15.2 Å². The molecule has 0 saturated heterocycles. The Kier molecular flexibility index (Phi) is 5.50. The van der Waals surface area contributed by atoms with E-state index in [1.54, 1.807) is 0 Å². The van der Waals surface area contributed by atoms with Gasteiger partial charge in [-0.25, -0.2) is 8.42 Å². The molecule has 0 aliphatic carbocycles. The van der Waals surface area contributed by atoms with Crippen LogP contribution in [0.4, 0.5) is 5.13 Å². The zero-order valence-electron chi connectivity index (χ0n) is 10.5. The molecule has 0 spiro atoms. The SMILES string of the molecule is COC(=O)C(CO)NS(=O)(=O)c1nnc(NC(C)=O)s1. The van der Waals surface area contributed by atoms with Gasteiger partial charge in [0.1, 0.15) is 6.04 Å². The van der Waals surface area contributed by atoms with Crippen LogP contribution in [-0.2, 0) is 24.3 Å². The quantitative estimate of drug-likeness (QED) is 0.414. The number of methoxy groups -OCH3 is 1. The molecule has 0 saturated carbocycles. The molecule has 0 radical (unpaired) electrons. The predicted molar refractivity (Wildman–Crippen MR) is 67.4 cm³/mol. The monoisotopic (exact) mass is 324 g/mol. The van der Waals surface area contributed by atoms with E-state index in [9.17, 15) is 18.0 Å². The van der Waals surface area contributed by atoms with Crippen LogP contribution in [0.15, 0.2) is 4.34 Å². The van der Waals surface area contributed by atoms with Gasteiger partial charge in [-0.05, 0) is 0 Å². The average molecular weight is 324 g/mol. The lowest BCUT2D eigenvalue weighted by molar-refractivity contribution is -0.143. The summed E-state index contributed by atoms with van der Waals surface area (Å²) in [4.78, 5) is 22.0. The van der Waals surface area contributed by atoms with Crippen molar-refractivity contribution in [2.45, 2.75) is 17.3 Å². The van der Waals surface area contributed by atoms with Crippen molar-refractivity contribution in [3.63, 3.8) is 0 Å². The first-order valence-electron chi connectivity index (χ1n) is 5.12. The molecule has 0 fully saturated rings. The molecular weight excluding hydrogens is 312 g/mol. The standard InChI is InChI=1S/C8H12N4O6S2/c1-4(14)9-7-10-11-8(19-7)20(16,17)12-5(3-13)6(15)18-2/h5,12-13H,3H2,1-2H3,(H,9,10,14). The summed E-state index contributed by atoms with van der Waals surface area (Å²) in [5.41, 5.74) is 0. The second-order valence-electron chi connectivity index (χ2n) is 3.43. The highest BCUT2D eigenvalue weighted by Gasteiger charge is 2.28. The number of esters is 1. The number of carbonyl (C=O) groups excluding carboxylic acids is 2. The van der Waals surface area contributed by atoms with Crippen LogP contribution in [0.25, 0.3) is 0 Å². The number of aromatic nitrogens is 2. The number of amides is 1. The van der Waals surface area contributed by atoms with E-state index in [1.807, 2.05) is 4.72 Å². The molecule has 0 aromatic carbocycles. The second kappa shape index (κ2) is 6.69. The van der Waals surface area contributed by atoms with E-state index in [0.29, 0.717) is 11.3 Å². The van der Waals surface area contributed by atoms with Gasteiger partial charge in [-0.3, -0.25) is 9.59 Å². The fourth-order valence-corrected chi connectivity index (χ4v) is 3.20. The zero-order valence-corrected chi connectivity index (χ0v) is 12.1. The van der Waals surface area contributed by atoms with Crippen molar-refractivity contribution in [1.29, 1.82) is 0 Å². The van der Waals surface area contributed by atoms with Gasteiger partial charge in [0.25, 0.3) is 10.0 Å². The zero-order chi connectivity index (χ0) is 15.3. The third-order valence-electron chi connectivity index (χ3n) is 1.88. The molecule has 0 bridgehead atoms. The minimum Gasteiger partial charge on any atom is -0.468 e. The summed E-state index contributed by atoms with van der Waals surface area (Å²) in [7, 11) is -3.10. The number of aliphatic hydroxyl groups excluding tert-OH is 1. The van der Waals surface area contributed by atoms with Crippen LogP contribution in [0.3, 0.4) is 0 Å². The second-order valence-corrected chi connectivity index (χ2v) is 6.30. The van der Waals surface area contributed by atoms with Crippen LogP contribution in [0.2, 0.25) is 0 Å². The van der Waals surface area contributed by atoms with E-state index in [4.69, 9.17) is 5.11 Å². The third kappa shape index (κ3) is 4.19. The number of ether oxygens (including phenoxy) is 1. The van der Waals surface area contributed by atoms with Crippen molar-refractivity contribution >= 4 is 38.4 Å². The van der Waals surface area contributed by atoms with Crippen molar-refractivity contribution in [1.82, 2.24) is 14.9 Å². The Labute approximate surface area is 118 Å². The minimum absolute atomic E-state index is 0.00325. The van der Waals surface area contributed by atoms with Gasteiger partial charge in [0.05, 0.1) is 13.7 Å². The van der Waals surface area contributed by atoms with Crippen molar-refractivity contribution in [3.8, 4) is 0 Å². The van der Waals surface area contributed by atoms with Crippen molar-refractivity contribution in [2.75, 3.05) is 19.0 Å². The lowest BCUT2D eigenvalue weighted by Crippen LogP contribution is -2.43. The normalized spacial score (nSPS) is 12.8. The van der Waals surface area contributed by atoms with Gasteiger partial charge in [-0.1, -0.05) is 11.3 Å². The number of nitrogens with one attached hydrogen (secondary N) is 2. The molecule has 1 atom stereocenters. The first-order valence-corrected chi connectivity index (χ1v) is 7.42. The van der Waals surface area contributed by atoms with Gasteiger partial charge in [0.2, 0.25) is 15.4 Å². The van der Waals surface area contributed by atoms with Crippen LogP contribution in [0, 0.1) is 0 Å². The maximum Gasteiger partial charge on any atom is 0.326 e. The molecule has 1 unspecified atom stereocenters. The molecule has 12 heteroatoms. The van der Waals surface area contributed by atoms with Gasteiger partial charge in [-0.2, -0.15) is 4.72 Å². The van der Waals surface area contributed by atoms with Crippen LogP contribution in [-0.4, -0.2) is 55.4 Å². The maximum absolute atomic E-state index is 11.9. The molecule has 20 heavy (non-hydrogen) atoms. The third-order valence-corrected chi connectivity index (χ3v) is 4.56. The van der Waals surface area contributed by atoms with E-state index in [1.165, 1.54) is 6.92 Å². The molecule has 1 amide bonds. The number of anilines is 1. The van der Waals surface area contributed by atoms with Gasteiger partial charge in [-0.15, -0.1) is 10.2 Å². The van der Waals surface area contributed by atoms with Gasteiger partial charge in [0, 0.05) is 6.92 Å². The number of sulfonamides is 1. The van der Waals surface area contributed by atoms with E-state index >= 15 is 0 Å². The van der Waals surface area contributed by atoms with E-state index in [-0.39, 0.29) is 5.13 Å². The summed E-state index contributed by atoms with van der Waals surface area (Å²) in [6, 6.07) is -1.45. The molecule has 0 aliphatic heterocycles. The van der Waals surface area contributed by atoms with Crippen molar-refractivity contribution in [2.24, 2.45) is 0 Å². The highest BCUT2D eigenvalue weighted by atomic mass is 32.2. The Bertz CT molecular complexity index is 598. The Balaban J connectivity index is 2.90. The minimum atomic E-state index is -4.16. The number of hydrogen-bond donors (Lipinski definition) is 3. The largest absolute Gasteiger partial charge is 0.468 e. The highest BCUT2D eigenvalue weighted by molar-refractivity contribution is 7.91. The topological polar surface area (TPSA) is 148 Å². The first-order chi connectivity index (χ1) is 9.30. The number of hydrogen-bond acceptors (Lipinski definition) is 9. The lowest BCUT2D eigenvalue weighted by Gasteiger charge is -2.12. The summed E-state index contributed by atoms with van der Waals surface area (Å²) >= 11 is 0.602. The summed E-state index contributed by atoms with van der Waals surface area (Å²) in [6.45, 7) is 0.454. The number of rotatable bonds is 6. The molecule has 1 rings (SSSR count). The Morgan fingerprint density at radius 1 is 1.45 bits per heavy atom. The van der Waals surface area contributed by atoms with Crippen LogP contribution < -0.4 is 10.0 Å². The molecule has 0 aliphatic rings. The van der Waals surface area contributed by atoms with Crippen LogP contribution in [0.1, 0.15) is 6.92 Å². The number of aliphatic hydroxyl groups is 1. The van der Waals surface area contributed by atoms with Crippen molar-refractivity contribution < 1.29 is 27.9 Å². The molecule has 10 nitrogen and oxygen atoms in total. The Morgan fingerprint density at radius 3 is 2.60 bits per heavy atom. The van der Waals surface area contributed by atoms with Gasteiger partial charge in [0.15, 0.2) is 0 Å². The molecular formula is C8H12N4O6S2. The van der Waals surface area contributed by atoms with E-state index in [2.05, 4.69) is 20.3 Å².